The molecule has 9 nitrogen and oxygen atoms in total. The number of esters is 1. The summed E-state index contributed by atoms with van der Waals surface area (Å²) in [6, 6.07) is 0. The minimum Gasteiger partial charge on any atom is -0.479 e. The first-order valence-corrected chi connectivity index (χ1v) is 12.3. The topological polar surface area (TPSA) is 134 Å². The number of halogens is 1. The van der Waals surface area contributed by atoms with Crippen LogP contribution in [-0.4, -0.2) is 59.5 Å². The van der Waals surface area contributed by atoms with Crippen LogP contribution in [-0.2, 0) is 28.5 Å². The molecule has 0 spiro atoms. The molecule has 34 heavy (non-hydrogen) atoms. The number of rotatable bonds is 9. The number of ether oxygens (including phenoxy) is 4. The zero-order valence-corrected chi connectivity index (χ0v) is 20.3. The lowest BCUT2D eigenvalue weighted by Crippen LogP contribution is -2.61. The number of hydrogen-bond acceptors (Lipinski definition) is 8. The van der Waals surface area contributed by atoms with Crippen LogP contribution in [0, 0.1) is 29.1 Å². The molecule has 10 heteroatoms. The molecule has 0 heterocycles. The molecule has 4 aliphatic carbocycles. The van der Waals surface area contributed by atoms with E-state index in [2.05, 4.69) is 13.8 Å². The first-order valence-electron chi connectivity index (χ1n) is 12.3. The van der Waals surface area contributed by atoms with Crippen molar-refractivity contribution in [3.63, 3.8) is 0 Å². The third-order valence-electron chi connectivity index (χ3n) is 8.83. The van der Waals surface area contributed by atoms with Gasteiger partial charge in [0.2, 0.25) is 12.0 Å². The minimum absolute atomic E-state index is 0.00360. The smallest absolute Gasteiger partial charge is 0.479 e. The van der Waals surface area contributed by atoms with E-state index in [1.165, 1.54) is 6.92 Å². The standard InChI is InChI=1S/C24H36FNO8/c1-5-7-31-17-10-15-18(23(15,25)19(27)28)24(17,26)20(29)32-12(3)33-21(30)34-16-9-13-8-14(6-2)22(16,4)11-13/h12-18H,5-11,26H2,1-4H3,(H,27,28)/t12?,13-,14?,15+,16+,17+,18-,22+,23+,24-/m0/s1. The highest BCUT2D eigenvalue weighted by Crippen LogP contribution is 2.67. The first-order chi connectivity index (χ1) is 15.9. The molecule has 4 rings (SSSR count). The highest BCUT2D eigenvalue weighted by molar-refractivity contribution is 5.91. The molecule has 0 aliphatic heterocycles. The number of nitrogens with two attached hydrogens (primary N) is 1. The van der Waals surface area contributed by atoms with Gasteiger partial charge in [0.15, 0.2) is 0 Å². The number of carboxylic acid groups (broad SMARTS) is 1. The van der Waals surface area contributed by atoms with Crippen molar-refractivity contribution in [2.24, 2.45) is 34.8 Å². The predicted molar refractivity (Wildman–Crippen MR) is 116 cm³/mol. The van der Waals surface area contributed by atoms with E-state index >= 15 is 0 Å². The van der Waals surface area contributed by atoms with Crippen molar-refractivity contribution in [1.29, 1.82) is 0 Å². The molecule has 10 atom stereocenters. The molecule has 2 bridgehead atoms. The van der Waals surface area contributed by atoms with E-state index in [-0.39, 0.29) is 24.5 Å². The van der Waals surface area contributed by atoms with Gasteiger partial charge in [-0.05, 0) is 43.9 Å². The Kier molecular flexibility index (Phi) is 6.38. The first kappa shape index (κ1) is 25.2. The summed E-state index contributed by atoms with van der Waals surface area (Å²) in [6.07, 6.45) is 1.15. The maximum Gasteiger partial charge on any atom is 0.511 e. The van der Waals surface area contributed by atoms with Gasteiger partial charge in [-0.25, -0.2) is 18.8 Å². The molecule has 0 aromatic heterocycles. The van der Waals surface area contributed by atoms with Crippen LogP contribution in [0.3, 0.4) is 0 Å². The Hall–Kier alpha value is -1.94. The lowest BCUT2D eigenvalue weighted by molar-refractivity contribution is -0.184. The lowest BCUT2D eigenvalue weighted by Gasteiger charge is -2.37. The maximum absolute atomic E-state index is 15.0. The summed E-state index contributed by atoms with van der Waals surface area (Å²) in [5.74, 6) is -3.90. The Morgan fingerprint density at radius 2 is 1.85 bits per heavy atom. The normalized spacial score (nSPS) is 44.9. The van der Waals surface area contributed by atoms with Crippen LogP contribution < -0.4 is 5.73 Å². The van der Waals surface area contributed by atoms with Gasteiger partial charge >= 0.3 is 18.1 Å². The zero-order chi connectivity index (χ0) is 25.1. The summed E-state index contributed by atoms with van der Waals surface area (Å²) < 4.78 is 36.7. The molecule has 0 saturated heterocycles. The molecule has 0 aromatic rings. The van der Waals surface area contributed by atoms with Gasteiger partial charge in [-0.15, -0.1) is 0 Å². The number of hydrogen-bond donors (Lipinski definition) is 2. The molecule has 4 fully saturated rings. The van der Waals surface area contributed by atoms with Crippen LogP contribution in [0.1, 0.15) is 66.2 Å². The third-order valence-corrected chi connectivity index (χ3v) is 8.83. The van der Waals surface area contributed by atoms with Crippen molar-refractivity contribution in [1.82, 2.24) is 0 Å². The van der Waals surface area contributed by atoms with Crippen molar-refractivity contribution >= 4 is 18.1 Å². The van der Waals surface area contributed by atoms with Crippen LogP contribution in [0.5, 0.6) is 0 Å². The van der Waals surface area contributed by atoms with Gasteiger partial charge in [-0.2, -0.15) is 0 Å². The molecule has 3 N–H and O–H groups in total. The monoisotopic (exact) mass is 485 g/mol. The number of carbonyl (C=O) groups excluding carboxylic acids is 2. The highest BCUT2D eigenvalue weighted by Gasteiger charge is 2.85. The molecule has 192 valence electrons. The summed E-state index contributed by atoms with van der Waals surface area (Å²) in [5, 5.41) is 9.32. The molecular formula is C24H36FNO8. The van der Waals surface area contributed by atoms with E-state index in [4.69, 9.17) is 24.7 Å². The van der Waals surface area contributed by atoms with Crippen LogP contribution >= 0.6 is 0 Å². The average Bonchev–Trinajstić information content (AvgIpc) is 3.00. The predicted octanol–water partition coefficient (Wildman–Crippen LogP) is 3.18. The molecular weight excluding hydrogens is 449 g/mol. The second-order valence-electron chi connectivity index (χ2n) is 10.8. The fourth-order valence-electron chi connectivity index (χ4n) is 7.12. The minimum atomic E-state index is -2.60. The Morgan fingerprint density at radius 1 is 1.15 bits per heavy atom. The van der Waals surface area contributed by atoms with E-state index in [1.54, 1.807) is 0 Å². The number of alkyl halides is 1. The quantitative estimate of drug-likeness (QED) is 0.373. The van der Waals surface area contributed by atoms with E-state index in [1.807, 2.05) is 6.92 Å². The van der Waals surface area contributed by atoms with Gasteiger partial charge in [0, 0.05) is 30.8 Å². The van der Waals surface area contributed by atoms with Crippen LogP contribution in [0.25, 0.3) is 0 Å². The van der Waals surface area contributed by atoms with Crippen molar-refractivity contribution < 1.29 is 42.8 Å². The van der Waals surface area contributed by atoms with Crippen LogP contribution in [0.15, 0.2) is 0 Å². The second-order valence-corrected chi connectivity index (χ2v) is 10.8. The van der Waals surface area contributed by atoms with E-state index in [0.29, 0.717) is 18.3 Å². The van der Waals surface area contributed by atoms with Gasteiger partial charge in [0.25, 0.3) is 0 Å². The van der Waals surface area contributed by atoms with E-state index in [0.717, 1.165) is 25.7 Å². The Balaban J connectivity index is 1.37. The highest BCUT2D eigenvalue weighted by atomic mass is 19.1. The molecule has 4 saturated carbocycles. The zero-order valence-electron chi connectivity index (χ0n) is 20.3. The second kappa shape index (κ2) is 8.62. The summed E-state index contributed by atoms with van der Waals surface area (Å²) in [4.78, 5) is 37.0. The van der Waals surface area contributed by atoms with Crippen LogP contribution in [0.2, 0.25) is 0 Å². The fraction of sp³-hybridized carbons (Fsp3) is 0.875. The van der Waals surface area contributed by atoms with Gasteiger partial charge < -0.3 is 29.8 Å². The lowest BCUT2D eigenvalue weighted by atomic mass is 9.73. The molecule has 0 amide bonds. The fourth-order valence-corrected chi connectivity index (χ4v) is 7.12. The van der Waals surface area contributed by atoms with Gasteiger partial charge in [-0.1, -0.05) is 27.2 Å². The van der Waals surface area contributed by atoms with Crippen molar-refractivity contribution in [2.75, 3.05) is 6.61 Å². The Bertz CT molecular complexity index is 855. The van der Waals surface area contributed by atoms with Crippen molar-refractivity contribution in [2.45, 2.75) is 95.9 Å². The SMILES string of the molecule is CCCO[C@@H]1C[C@@H]2[C@H]([C@]1(N)C(=O)OC(C)OC(=O)O[C@@H]1C[C@@H]3CC(CC)[C@@]1(C)C3)[C@@]2(F)C(=O)O. The van der Waals surface area contributed by atoms with E-state index in [9.17, 15) is 23.9 Å². The number of aliphatic carboxylic acids is 1. The van der Waals surface area contributed by atoms with Crippen molar-refractivity contribution in [3.05, 3.63) is 0 Å². The van der Waals surface area contributed by atoms with E-state index < -0.39 is 53.5 Å². The Labute approximate surface area is 198 Å². The van der Waals surface area contributed by atoms with Gasteiger partial charge in [-0.3, -0.25) is 0 Å². The third kappa shape index (κ3) is 3.68. The largest absolute Gasteiger partial charge is 0.511 e. The molecule has 0 radical (unpaired) electrons. The summed E-state index contributed by atoms with van der Waals surface area (Å²) in [5.41, 5.74) is 1.62. The van der Waals surface area contributed by atoms with Gasteiger partial charge in [0.05, 0.1) is 6.10 Å². The summed E-state index contributed by atoms with van der Waals surface area (Å²) in [7, 11) is 0. The number of fused-ring (bicyclic) bond motifs is 3. The summed E-state index contributed by atoms with van der Waals surface area (Å²) in [6.45, 7) is 7.76. The molecule has 4 aliphatic rings. The molecule has 2 unspecified atom stereocenters. The van der Waals surface area contributed by atoms with Crippen LogP contribution in [0.4, 0.5) is 9.18 Å². The number of carboxylic acids is 1. The average molecular weight is 486 g/mol. The summed E-state index contributed by atoms with van der Waals surface area (Å²) >= 11 is 0. The number of carbonyl (C=O) groups is 3. The van der Waals surface area contributed by atoms with Crippen molar-refractivity contribution in [3.8, 4) is 0 Å². The molecule has 0 aromatic carbocycles. The van der Waals surface area contributed by atoms with Gasteiger partial charge in [0.1, 0.15) is 11.6 Å². The Morgan fingerprint density at radius 3 is 2.44 bits per heavy atom. The maximum atomic E-state index is 15.0.